The number of nitriles is 1. The van der Waals surface area contributed by atoms with Gasteiger partial charge in [-0.05, 0) is 58.3 Å². The summed E-state index contributed by atoms with van der Waals surface area (Å²) in [6, 6.07) is 23.3. The number of aryl methyl sites for hydroxylation is 1. The van der Waals surface area contributed by atoms with Gasteiger partial charge in [-0.1, -0.05) is 42.5 Å². The van der Waals surface area contributed by atoms with Crippen LogP contribution in [-0.4, -0.2) is 4.98 Å². The fraction of sp³-hybridized carbons (Fsp3) is 0.0400. The van der Waals surface area contributed by atoms with Crippen LogP contribution >= 0.6 is 0 Å². The fourth-order valence-corrected chi connectivity index (χ4v) is 3.96. The first kappa shape index (κ1) is 16.4. The fourth-order valence-electron chi connectivity index (χ4n) is 3.96. The van der Waals surface area contributed by atoms with Gasteiger partial charge in [0, 0.05) is 22.5 Å². The second-order valence-electron chi connectivity index (χ2n) is 7.02. The third kappa shape index (κ3) is 2.43. The van der Waals surface area contributed by atoms with E-state index in [0.717, 1.165) is 43.8 Å². The Morgan fingerprint density at radius 1 is 0.821 bits per heavy atom. The van der Waals surface area contributed by atoms with Crippen LogP contribution in [0.15, 0.2) is 72.9 Å². The van der Waals surface area contributed by atoms with Gasteiger partial charge in [0.25, 0.3) is 0 Å². The highest BCUT2D eigenvalue weighted by Gasteiger charge is 2.12. The van der Waals surface area contributed by atoms with Gasteiger partial charge in [-0.3, -0.25) is 4.98 Å². The van der Waals surface area contributed by atoms with Crippen molar-refractivity contribution in [2.75, 3.05) is 0 Å². The number of hydrogen-bond acceptors (Lipinski definition) is 2. The number of nitrogens with zero attached hydrogens (tertiary/aromatic N) is 2. The molecule has 1 aromatic heterocycles. The number of rotatable bonds is 1. The van der Waals surface area contributed by atoms with E-state index in [9.17, 15) is 9.65 Å². The van der Waals surface area contributed by atoms with Crippen molar-refractivity contribution in [2.24, 2.45) is 0 Å². The molecule has 2 nitrogen and oxygen atoms in total. The normalized spacial score (nSPS) is 11.2. The molecule has 132 valence electrons. The zero-order valence-corrected chi connectivity index (χ0v) is 15.2. The van der Waals surface area contributed by atoms with Gasteiger partial charge in [-0.25, -0.2) is 4.39 Å². The van der Waals surface area contributed by atoms with Crippen molar-refractivity contribution in [3.05, 3.63) is 89.9 Å². The van der Waals surface area contributed by atoms with Crippen LogP contribution in [0.2, 0.25) is 0 Å². The lowest BCUT2D eigenvalue weighted by Crippen LogP contribution is -1.91. The molecule has 0 atom stereocenters. The number of fused-ring (bicyclic) bond motifs is 4. The molecule has 5 rings (SSSR count). The molecule has 4 aromatic carbocycles. The summed E-state index contributed by atoms with van der Waals surface area (Å²) in [6.45, 7) is 1.89. The van der Waals surface area contributed by atoms with Crippen LogP contribution in [0.3, 0.4) is 0 Å². The summed E-state index contributed by atoms with van der Waals surface area (Å²) in [6.07, 6.45) is 1.75. The molecule has 0 saturated carbocycles. The minimum Gasteiger partial charge on any atom is -0.256 e. The molecule has 0 saturated heterocycles. The topological polar surface area (TPSA) is 36.7 Å². The summed E-state index contributed by atoms with van der Waals surface area (Å²) in [5.41, 5.74) is 3.18. The van der Waals surface area contributed by atoms with Gasteiger partial charge < -0.3 is 0 Å². The molecule has 0 N–H and O–H groups in total. The molecule has 0 spiro atoms. The SMILES string of the molecule is Cc1cc(F)c2ccc3c(-c4cc(C#N)c5ccccc5c4)nccc3c2c1. The molecule has 5 aromatic rings. The zero-order chi connectivity index (χ0) is 19.3. The Balaban J connectivity index is 1.87. The molecule has 0 aliphatic heterocycles. The van der Waals surface area contributed by atoms with Crippen LogP contribution in [0.25, 0.3) is 43.6 Å². The number of halogens is 1. The Labute approximate surface area is 161 Å². The first-order valence-corrected chi connectivity index (χ1v) is 9.06. The van der Waals surface area contributed by atoms with Crippen molar-refractivity contribution >= 4 is 32.3 Å². The Bertz CT molecular complexity index is 1440. The Kier molecular flexibility index (Phi) is 3.60. The summed E-state index contributed by atoms with van der Waals surface area (Å²) < 4.78 is 14.4. The maximum atomic E-state index is 14.4. The second-order valence-corrected chi connectivity index (χ2v) is 7.02. The van der Waals surface area contributed by atoms with Crippen LogP contribution in [0, 0.1) is 24.1 Å². The van der Waals surface area contributed by atoms with E-state index in [0.29, 0.717) is 10.9 Å². The molecule has 0 unspecified atom stereocenters. The van der Waals surface area contributed by atoms with Gasteiger partial charge in [0.15, 0.2) is 0 Å². The molecular weight excluding hydrogens is 347 g/mol. The lowest BCUT2D eigenvalue weighted by molar-refractivity contribution is 0.639. The first-order valence-electron chi connectivity index (χ1n) is 9.06. The third-order valence-corrected chi connectivity index (χ3v) is 5.23. The van der Waals surface area contributed by atoms with Gasteiger partial charge in [-0.15, -0.1) is 0 Å². The van der Waals surface area contributed by atoms with Crippen LogP contribution in [0.4, 0.5) is 4.39 Å². The van der Waals surface area contributed by atoms with Crippen LogP contribution < -0.4 is 0 Å². The molecule has 0 bridgehead atoms. The van der Waals surface area contributed by atoms with E-state index in [4.69, 9.17) is 0 Å². The van der Waals surface area contributed by atoms with E-state index in [1.807, 2.05) is 61.5 Å². The maximum absolute atomic E-state index is 14.4. The van der Waals surface area contributed by atoms with Crippen molar-refractivity contribution < 1.29 is 4.39 Å². The van der Waals surface area contributed by atoms with E-state index in [2.05, 4.69) is 17.1 Å². The minimum atomic E-state index is -0.215. The summed E-state index contributed by atoms with van der Waals surface area (Å²) in [7, 11) is 0. The first-order chi connectivity index (χ1) is 13.7. The van der Waals surface area contributed by atoms with E-state index >= 15 is 0 Å². The van der Waals surface area contributed by atoms with Crippen molar-refractivity contribution in [2.45, 2.75) is 6.92 Å². The largest absolute Gasteiger partial charge is 0.256 e. The quantitative estimate of drug-likeness (QED) is 0.318. The molecule has 0 amide bonds. The van der Waals surface area contributed by atoms with Gasteiger partial charge in [0.1, 0.15) is 5.82 Å². The van der Waals surface area contributed by atoms with E-state index in [-0.39, 0.29) is 5.82 Å². The molecule has 0 aliphatic carbocycles. The van der Waals surface area contributed by atoms with E-state index in [1.165, 1.54) is 0 Å². The van der Waals surface area contributed by atoms with Crippen LogP contribution in [-0.2, 0) is 0 Å². The monoisotopic (exact) mass is 362 g/mol. The zero-order valence-electron chi connectivity index (χ0n) is 15.2. The average Bonchev–Trinajstić information content (AvgIpc) is 2.72. The minimum absolute atomic E-state index is 0.215. The predicted octanol–water partition coefficient (Wildman–Crippen LogP) is 6.53. The van der Waals surface area contributed by atoms with Crippen LogP contribution in [0.1, 0.15) is 11.1 Å². The van der Waals surface area contributed by atoms with Gasteiger partial charge >= 0.3 is 0 Å². The van der Waals surface area contributed by atoms with Gasteiger partial charge in [0.05, 0.1) is 17.3 Å². The van der Waals surface area contributed by atoms with E-state index < -0.39 is 0 Å². The molecule has 0 aliphatic rings. The molecule has 3 heteroatoms. The summed E-state index contributed by atoms with van der Waals surface area (Å²) in [5, 5.41) is 14.9. The number of benzene rings is 4. The molecule has 1 heterocycles. The predicted molar refractivity (Wildman–Crippen MR) is 112 cm³/mol. The van der Waals surface area contributed by atoms with Crippen molar-refractivity contribution in [1.82, 2.24) is 4.98 Å². The number of pyridine rings is 1. The lowest BCUT2D eigenvalue weighted by atomic mass is 9.95. The van der Waals surface area contributed by atoms with Gasteiger partial charge in [-0.2, -0.15) is 5.26 Å². The van der Waals surface area contributed by atoms with Crippen LogP contribution in [0.5, 0.6) is 0 Å². The average molecular weight is 362 g/mol. The highest BCUT2D eigenvalue weighted by atomic mass is 19.1. The summed E-state index contributed by atoms with van der Waals surface area (Å²) in [5.74, 6) is -0.215. The molecule has 28 heavy (non-hydrogen) atoms. The summed E-state index contributed by atoms with van der Waals surface area (Å²) >= 11 is 0. The number of hydrogen-bond donors (Lipinski definition) is 0. The lowest BCUT2D eigenvalue weighted by Gasteiger charge is -2.11. The van der Waals surface area contributed by atoms with E-state index in [1.54, 1.807) is 12.3 Å². The highest BCUT2D eigenvalue weighted by Crippen LogP contribution is 2.35. The Morgan fingerprint density at radius 3 is 2.50 bits per heavy atom. The highest BCUT2D eigenvalue weighted by molar-refractivity contribution is 6.12. The Morgan fingerprint density at radius 2 is 1.64 bits per heavy atom. The number of aromatic nitrogens is 1. The van der Waals surface area contributed by atoms with Gasteiger partial charge in [0.2, 0.25) is 0 Å². The molecule has 0 radical (unpaired) electrons. The second kappa shape index (κ2) is 6.14. The summed E-state index contributed by atoms with van der Waals surface area (Å²) in [4.78, 5) is 4.61. The van der Waals surface area contributed by atoms with Crippen molar-refractivity contribution in [3.63, 3.8) is 0 Å². The molecular formula is C25H15FN2. The standard InChI is InChI=1S/C25H15FN2/c1-15-10-23-20-8-9-28-25(22(20)7-6-21(23)24(26)11-15)17-12-16-4-2-3-5-19(16)18(13-17)14-27/h2-13H,1H3. The Hall–Kier alpha value is -3.77. The maximum Gasteiger partial charge on any atom is 0.131 e. The van der Waals surface area contributed by atoms with Crippen molar-refractivity contribution in [3.8, 4) is 17.3 Å². The van der Waals surface area contributed by atoms with Crippen molar-refractivity contribution in [1.29, 1.82) is 5.26 Å². The third-order valence-electron chi connectivity index (χ3n) is 5.23. The smallest absolute Gasteiger partial charge is 0.131 e. The molecule has 0 fully saturated rings.